The topological polar surface area (TPSA) is 25.4 Å². The molecule has 0 amide bonds. The van der Waals surface area contributed by atoms with Crippen LogP contribution in [0.1, 0.15) is 12.5 Å². The molecular formula is C8H8FNO. The van der Waals surface area contributed by atoms with Gasteiger partial charge in [0.2, 0.25) is 0 Å². The van der Waals surface area contributed by atoms with Crippen LogP contribution in [-0.4, -0.2) is 11.6 Å². The van der Waals surface area contributed by atoms with Crippen LogP contribution >= 0.6 is 0 Å². The molecule has 2 heterocycles. The monoisotopic (exact) mass is 153 g/mol. The highest BCUT2D eigenvalue weighted by molar-refractivity contribution is 5.22. The minimum atomic E-state index is -0.306. The molecule has 58 valence electrons. The molecule has 2 rings (SSSR count). The molecule has 3 heteroatoms. The number of pyridine rings is 1. The van der Waals surface area contributed by atoms with Crippen molar-refractivity contribution < 1.29 is 9.13 Å². The van der Waals surface area contributed by atoms with Crippen LogP contribution in [-0.2, 0) is 10.3 Å². The maximum atomic E-state index is 12.6. The zero-order chi connectivity index (χ0) is 7.90. The first-order chi connectivity index (χ1) is 5.21. The van der Waals surface area contributed by atoms with Gasteiger partial charge >= 0.3 is 0 Å². The standard InChI is InChI=1S/C8H8FNO/c1-8(5-11-8)6-2-7(9)4-10-3-6/h2-4H,5H2,1H3. The fraction of sp³-hybridized carbons (Fsp3) is 0.375. The highest BCUT2D eigenvalue weighted by Gasteiger charge is 2.41. The Bertz CT molecular complexity index is 283. The van der Waals surface area contributed by atoms with Gasteiger partial charge in [0, 0.05) is 11.8 Å². The van der Waals surface area contributed by atoms with Crippen molar-refractivity contribution in [1.82, 2.24) is 4.98 Å². The van der Waals surface area contributed by atoms with E-state index in [2.05, 4.69) is 4.98 Å². The zero-order valence-corrected chi connectivity index (χ0v) is 6.17. The normalized spacial score (nSPS) is 28.5. The van der Waals surface area contributed by atoms with E-state index in [1.54, 1.807) is 6.20 Å². The number of rotatable bonds is 1. The van der Waals surface area contributed by atoms with Gasteiger partial charge in [-0.05, 0) is 13.0 Å². The van der Waals surface area contributed by atoms with E-state index < -0.39 is 0 Å². The van der Waals surface area contributed by atoms with E-state index in [0.717, 1.165) is 5.56 Å². The summed E-state index contributed by atoms with van der Waals surface area (Å²) in [6, 6.07) is 1.46. The summed E-state index contributed by atoms with van der Waals surface area (Å²) in [5, 5.41) is 0. The average Bonchev–Trinajstić information content (AvgIpc) is 2.70. The summed E-state index contributed by atoms with van der Waals surface area (Å²) in [5.74, 6) is -0.306. The van der Waals surface area contributed by atoms with Crippen molar-refractivity contribution in [2.24, 2.45) is 0 Å². The van der Waals surface area contributed by atoms with Crippen molar-refractivity contribution >= 4 is 0 Å². The first-order valence-electron chi connectivity index (χ1n) is 3.46. The summed E-state index contributed by atoms with van der Waals surface area (Å²) in [5.41, 5.74) is 0.548. The molecule has 11 heavy (non-hydrogen) atoms. The van der Waals surface area contributed by atoms with Crippen molar-refractivity contribution in [3.8, 4) is 0 Å². The van der Waals surface area contributed by atoms with Crippen LogP contribution in [0, 0.1) is 5.82 Å². The fourth-order valence-electron chi connectivity index (χ4n) is 0.976. The number of hydrogen-bond donors (Lipinski definition) is 0. The van der Waals surface area contributed by atoms with Crippen molar-refractivity contribution in [3.05, 3.63) is 29.8 Å². The summed E-state index contributed by atoms with van der Waals surface area (Å²) < 4.78 is 17.7. The number of hydrogen-bond acceptors (Lipinski definition) is 2. The Morgan fingerprint density at radius 3 is 2.91 bits per heavy atom. The maximum absolute atomic E-state index is 12.6. The number of ether oxygens (including phenoxy) is 1. The lowest BCUT2D eigenvalue weighted by atomic mass is 10.1. The van der Waals surface area contributed by atoms with E-state index in [9.17, 15) is 4.39 Å². The van der Waals surface area contributed by atoms with Crippen LogP contribution in [0.15, 0.2) is 18.5 Å². The molecule has 0 bridgehead atoms. The molecule has 0 N–H and O–H groups in total. The van der Waals surface area contributed by atoms with Crippen LogP contribution in [0.5, 0.6) is 0 Å². The Hall–Kier alpha value is -0.960. The molecule has 1 fully saturated rings. The molecule has 0 aliphatic carbocycles. The van der Waals surface area contributed by atoms with Crippen molar-refractivity contribution in [1.29, 1.82) is 0 Å². The predicted octanol–water partition coefficient (Wildman–Crippen LogP) is 1.47. The second-order valence-electron chi connectivity index (χ2n) is 2.91. The highest BCUT2D eigenvalue weighted by atomic mass is 19.1. The van der Waals surface area contributed by atoms with Gasteiger partial charge in [0.1, 0.15) is 11.4 Å². The van der Waals surface area contributed by atoms with Gasteiger partial charge in [-0.1, -0.05) is 0 Å². The van der Waals surface area contributed by atoms with Gasteiger partial charge in [-0.2, -0.15) is 0 Å². The van der Waals surface area contributed by atoms with E-state index in [1.807, 2.05) is 6.92 Å². The Morgan fingerprint density at radius 2 is 2.36 bits per heavy atom. The lowest BCUT2D eigenvalue weighted by Gasteiger charge is -2.02. The Labute approximate surface area is 64.0 Å². The van der Waals surface area contributed by atoms with Gasteiger partial charge in [0.25, 0.3) is 0 Å². The quantitative estimate of drug-likeness (QED) is 0.571. The minimum Gasteiger partial charge on any atom is -0.365 e. The SMILES string of the molecule is CC1(c2cncc(F)c2)CO1. The van der Waals surface area contributed by atoms with Gasteiger partial charge in [-0.15, -0.1) is 0 Å². The van der Waals surface area contributed by atoms with E-state index >= 15 is 0 Å². The van der Waals surface area contributed by atoms with Crippen molar-refractivity contribution in [3.63, 3.8) is 0 Å². The smallest absolute Gasteiger partial charge is 0.141 e. The molecule has 1 saturated heterocycles. The summed E-state index contributed by atoms with van der Waals surface area (Å²) in [7, 11) is 0. The maximum Gasteiger partial charge on any atom is 0.141 e. The number of halogens is 1. The van der Waals surface area contributed by atoms with Gasteiger partial charge < -0.3 is 4.74 Å². The number of aromatic nitrogens is 1. The summed E-state index contributed by atoms with van der Waals surface area (Å²) in [6.45, 7) is 2.58. The Balaban J connectivity index is 2.38. The molecule has 1 unspecified atom stereocenters. The third kappa shape index (κ3) is 1.12. The second-order valence-corrected chi connectivity index (χ2v) is 2.91. The summed E-state index contributed by atoms with van der Waals surface area (Å²) in [4.78, 5) is 3.74. The van der Waals surface area contributed by atoms with E-state index in [1.165, 1.54) is 12.3 Å². The highest BCUT2D eigenvalue weighted by Crippen LogP contribution is 2.37. The first kappa shape index (κ1) is 6.73. The Morgan fingerprint density at radius 1 is 1.64 bits per heavy atom. The lowest BCUT2D eigenvalue weighted by molar-refractivity contribution is 0.328. The van der Waals surface area contributed by atoms with Crippen molar-refractivity contribution in [2.75, 3.05) is 6.61 Å². The molecule has 0 saturated carbocycles. The van der Waals surface area contributed by atoms with Crippen LogP contribution in [0.25, 0.3) is 0 Å². The lowest BCUT2D eigenvalue weighted by Crippen LogP contribution is -2.02. The van der Waals surface area contributed by atoms with Gasteiger partial charge in [-0.25, -0.2) is 4.39 Å². The molecule has 1 aliphatic heterocycles. The van der Waals surface area contributed by atoms with Gasteiger partial charge in [0.15, 0.2) is 0 Å². The molecular weight excluding hydrogens is 145 g/mol. The average molecular weight is 153 g/mol. The van der Waals surface area contributed by atoms with Gasteiger partial charge in [-0.3, -0.25) is 4.98 Å². The second kappa shape index (κ2) is 2.01. The van der Waals surface area contributed by atoms with Gasteiger partial charge in [0.05, 0.1) is 12.8 Å². The molecule has 0 radical (unpaired) electrons. The molecule has 1 atom stereocenters. The first-order valence-corrected chi connectivity index (χ1v) is 3.46. The van der Waals surface area contributed by atoms with Crippen LogP contribution < -0.4 is 0 Å². The molecule has 2 nitrogen and oxygen atoms in total. The molecule has 0 aromatic carbocycles. The Kier molecular flexibility index (Phi) is 1.23. The molecule has 0 spiro atoms. The van der Waals surface area contributed by atoms with Crippen LogP contribution in [0.2, 0.25) is 0 Å². The molecule has 1 aromatic rings. The summed E-state index contributed by atoms with van der Waals surface area (Å²) in [6.07, 6.45) is 2.82. The van der Waals surface area contributed by atoms with Crippen molar-refractivity contribution in [2.45, 2.75) is 12.5 Å². The van der Waals surface area contributed by atoms with E-state index in [0.29, 0.717) is 6.61 Å². The minimum absolute atomic E-state index is 0.269. The van der Waals surface area contributed by atoms with E-state index in [-0.39, 0.29) is 11.4 Å². The van der Waals surface area contributed by atoms with Crippen LogP contribution in [0.3, 0.4) is 0 Å². The third-order valence-electron chi connectivity index (χ3n) is 1.89. The molecule has 1 aliphatic rings. The summed E-state index contributed by atoms with van der Waals surface area (Å²) >= 11 is 0. The largest absolute Gasteiger partial charge is 0.365 e. The van der Waals surface area contributed by atoms with E-state index in [4.69, 9.17) is 4.74 Å². The number of epoxide rings is 1. The van der Waals surface area contributed by atoms with Crippen LogP contribution in [0.4, 0.5) is 4.39 Å². The zero-order valence-electron chi connectivity index (χ0n) is 6.17. The predicted molar refractivity (Wildman–Crippen MR) is 37.5 cm³/mol. The fourth-order valence-corrected chi connectivity index (χ4v) is 0.976. The third-order valence-corrected chi connectivity index (χ3v) is 1.89. The number of nitrogens with zero attached hydrogens (tertiary/aromatic N) is 1. The molecule has 1 aromatic heterocycles.